The van der Waals surface area contributed by atoms with E-state index in [0.717, 1.165) is 25.8 Å². The van der Waals surface area contributed by atoms with Gasteiger partial charge in [0.1, 0.15) is 17.2 Å². The number of carbonyl (C=O) groups excluding carboxylic acids is 2. The largest absolute Gasteiger partial charge is 0.616 e. The van der Waals surface area contributed by atoms with Crippen LogP contribution in [0.25, 0.3) is 0 Å². The quantitative estimate of drug-likeness (QED) is 0.751. The van der Waals surface area contributed by atoms with Crippen molar-refractivity contribution in [1.82, 2.24) is 14.8 Å². The first-order valence-electron chi connectivity index (χ1n) is 7.97. The molecule has 1 atom stereocenters. The molecule has 0 N–H and O–H groups in total. The number of amides is 2. The Bertz CT molecular complexity index is 584. The Morgan fingerprint density at radius 3 is 2.70 bits per heavy atom. The first-order valence-corrected chi connectivity index (χ1v) is 10.3. The number of nitrogens with zero attached hydrogens (tertiary/aromatic N) is 3. The van der Waals surface area contributed by atoms with Crippen LogP contribution in [0.1, 0.15) is 46.5 Å². The summed E-state index contributed by atoms with van der Waals surface area (Å²) >= 11 is 0.405. The lowest BCUT2D eigenvalue weighted by Crippen LogP contribution is -2.44. The summed E-state index contributed by atoms with van der Waals surface area (Å²) in [5, 5.41) is 2.03. The molecule has 0 radical (unpaired) electrons. The standard InChI is InChI=1S/C15H21N3O3S2/c1-11-4-2-3-5-18(11)14(19)12-10-22-13(16-12)15(20)17-6-8-23(21)9-7-17/h10-11H,2-9H2,1H3. The zero-order chi connectivity index (χ0) is 16.4. The van der Waals surface area contributed by atoms with Gasteiger partial charge in [-0.2, -0.15) is 0 Å². The molecule has 0 saturated carbocycles. The van der Waals surface area contributed by atoms with Gasteiger partial charge in [0, 0.05) is 18.0 Å². The number of rotatable bonds is 2. The van der Waals surface area contributed by atoms with E-state index in [-0.39, 0.29) is 17.9 Å². The second kappa shape index (κ2) is 7.19. The molecule has 1 unspecified atom stereocenters. The van der Waals surface area contributed by atoms with E-state index in [2.05, 4.69) is 11.9 Å². The number of likely N-dealkylation sites (tertiary alicyclic amines) is 1. The molecule has 2 amide bonds. The van der Waals surface area contributed by atoms with Gasteiger partial charge in [-0.3, -0.25) is 9.59 Å². The molecule has 0 spiro atoms. The summed E-state index contributed by atoms with van der Waals surface area (Å²) in [6.45, 7) is 3.82. The second-order valence-corrected chi connectivity index (χ2v) is 8.58. The van der Waals surface area contributed by atoms with Gasteiger partial charge in [-0.1, -0.05) is 11.2 Å². The summed E-state index contributed by atoms with van der Waals surface area (Å²) in [4.78, 5) is 32.8. The first kappa shape index (κ1) is 16.7. The Hall–Kier alpha value is -1.12. The van der Waals surface area contributed by atoms with Gasteiger partial charge in [0.05, 0.1) is 13.1 Å². The molecule has 2 aliphatic heterocycles. The van der Waals surface area contributed by atoms with Crippen LogP contribution < -0.4 is 0 Å². The number of piperidine rings is 1. The molecule has 23 heavy (non-hydrogen) atoms. The van der Waals surface area contributed by atoms with E-state index in [4.69, 9.17) is 0 Å². The van der Waals surface area contributed by atoms with E-state index in [0.29, 0.717) is 35.3 Å². The van der Waals surface area contributed by atoms with Gasteiger partial charge < -0.3 is 14.4 Å². The van der Waals surface area contributed by atoms with Crippen molar-refractivity contribution in [1.29, 1.82) is 0 Å². The normalized spacial score (nSPS) is 23.1. The van der Waals surface area contributed by atoms with E-state index in [9.17, 15) is 14.1 Å². The predicted octanol–water partition coefficient (Wildman–Crippen LogP) is 1.36. The molecule has 1 aromatic heterocycles. The van der Waals surface area contributed by atoms with Crippen LogP contribution in [-0.4, -0.2) is 68.3 Å². The molecule has 0 bridgehead atoms. The Labute approximate surface area is 143 Å². The van der Waals surface area contributed by atoms with Gasteiger partial charge in [0.25, 0.3) is 11.8 Å². The van der Waals surface area contributed by atoms with Gasteiger partial charge in [0.15, 0.2) is 5.01 Å². The molecule has 2 saturated heterocycles. The molecular weight excluding hydrogens is 334 g/mol. The van der Waals surface area contributed by atoms with Crippen LogP contribution in [0.15, 0.2) is 5.38 Å². The zero-order valence-corrected chi connectivity index (χ0v) is 14.8. The number of carbonyl (C=O) groups is 2. The molecule has 0 aromatic carbocycles. The Morgan fingerprint density at radius 1 is 1.26 bits per heavy atom. The molecule has 6 nitrogen and oxygen atoms in total. The van der Waals surface area contributed by atoms with Crippen LogP contribution >= 0.6 is 11.3 Å². The summed E-state index contributed by atoms with van der Waals surface area (Å²) in [6, 6.07) is 0.231. The third kappa shape index (κ3) is 3.70. The third-order valence-corrected chi connectivity index (χ3v) is 6.54. The van der Waals surface area contributed by atoms with Crippen LogP contribution in [0.3, 0.4) is 0 Å². The fraction of sp³-hybridized carbons (Fsp3) is 0.667. The lowest BCUT2D eigenvalue weighted by atomic mass is 10.0. The smallest absolute Gasteiger partial charge is 0.283 e. The van der Waals surface area contributed by atoms with Crippen molar-refractivity contribution >= 4 is 34.3 Å². The Morgan fingerprint density at radius 2 is 2.00 bits per heavy atom. The SMILES string of the molecule is CC1CCCCN1C(=O)c1csc(C(=O)N2CC[S+]([O-])CC2)n1. The molecule has 2 aliphatic rings. The summed E-state index contributed by atoms with van der Waals surface area (Å²) in [6.07, 6.45) is 3.20. The highest BCUT2D eigenvalue weighted by Gasteiger charge is 2.29. The maximum absolute atomic E-state index is 12.6. The number of hydrogen-bond acceptors (Lipinski definition) is 5. The van der Waals surface area contributed by atoms with Crippen molar-refractivity contribution in [2.45, 2.75) is 32.2 Å². The third-order valence-electron chi connectivity index (χ3n) is 4.44. The van der Waals surface area contributed by atoms with Crippen molar-refractivity contribution in [2.24, 2.45) is 0 Å². The maximum Gasteiger partial charge on any atom is 0.283 e. The van der Waals surface area contributed by atoms with Gasteiger partial charge in [-0.05, 0) is 26.2 Å². The second-order valence-electron chi connectivity index (χ2n) is 6.02. The molecule has 3 rings (SSSR count). The number of thiazole rings is 1. The van der Waals surface area contributed by atoms with Crippen LogP contribution in [-0.2, 0) is 11.2 Å². The summed E-state index contributed by atoms with van der Waals surface area (Å²) in [5.41, 5.74) is 0.368. The minimum absolute atomic E-state index is 0.0766. The van der Waals surface area contributed by atoms with Crippen LogP contribution in [0, 0.1) is 0 Å². The Balaban J connectivity index is 1.67. The molecule has 8 heteroatoms. The molecule has 0 aliphatic carbocycles. The number of aromatic nitrogens is 1. The van der Waals surface area contributed by atoms with Gasteiger partial charge in [0.2, 0.25) is 0 Å². The van der Waals surface area contributed by atoms with Crippen molar-refractivity contribution in [3.8, 4) is 0 Å². The predicted molar refractivity (Wildman–Crippen MR) is 90.2 cm³/mol. The molecular formula is C15H21N3O3S2. The topological polar surface area (TPSA) is 76.6 Å². The Kier molecular flexibility index (Phi) is 5.23. The summed E-state index contributed by atoms with van der Waals surface area (Å²) in [7, 11) is 0. The molecule has 2 fully saturated rings. The van der Waals surface area contributed by atoms with Crippen LogP contribution in [0.4, 0.5) is 0 Å². The zero-order valence-electron chi connectivity index (χ0n) is 13.2. The van der Waals surface area contributed by atoms with E-state index in [1.807, 2.05) is 4.90 Å². The van der Waals surface area contributed by atoms with Crippen molar-refractivity contribution in [3.05, 3.63) is 16.1 Å². The van der Waals surface area contributed by atoms with Gasteiger partial charge >= 0.3 is 0 Å². The average Bonchev–Trinajstić information content (AvgIpc) is 3.05. The van der Waals surface area contributed by atoms with E-state index in [1.165, 1.54) is 11.3 Å². The monoisotopic (exact) mass is 355 g/mol. The lowest BCUT2D eigenvalue weighted by molar-refractivity contribution is 0.0630. The molecule has 3 heterocycles. The minimum atomic E-state index is -0.815. The summed E-state index contributed by atoms with van der Waals surface area (Å²) in [5.74, 6) is 0.812. The van der Waals surface area contributed by atoms with Crippen LogP contribution in [0.2, 0.25) is 0 Å². The number of hydrogen-bond donors (Lipinski definition) is 0. The average molecular weight is 355 g/mol. The highest BCUT2D eigenvalue weighted by atomic mass is 32.2. The van der Waals surface area contributed by atoms with Gasteiger partial charge in [-0.15, -0.1) is 11.3 Å². The summed E-state index contributed by atoms with van der Waals surface area (Å²) < 4.78 is 11.4. The lowest BCUT2D eigenvalue weighted by Gasteiger charge is -2.32. The van der Waals surface area contributed by atoms with E-state index < -0.39 is 11.2 Å². The fourth-order valence-electron chi connectivity index (χ4n) is 2.99. The first-order chi connectivity index (χ1) is 11.1. The molecule has 126 valence electrons. The highest BCUT2D eigenvalue weighted by molar-refractivity contribution is 7.91. The van der Waals surface area contributed by atoms with Crippen molar-refractivity contribution in [3.63, 3.8) is 0 Å². The molecule has 1 aromatic rings. The van der Waals surface area contributed by atoms with Crippen molar-refractivity contribution in [2.75, 3.05) is 31.1 Å². The van der Waals surface area contributed by atoms with Gasteiger partial charge in [-0.25, -0.2) is 4.98 Å². The highest BCUT2D eigenvalue weighted by Crippen LogP contribution is 2.21. The van der Waals surface area contributed by atoms with Crippen molar-refractivity contribution < 1.29 is 14.1 Å². The van der Waals surface area contributed by atoms with E-state index in [1.54, 1.807) is 10.3 Å². The van der Waals surface area contributed by atoms with E-state index >= 15 is 0 Å². The minimum Gasteiger partial charge on any atom is -0.616 e. The fourth-order valence-corrected chi connectivity index (χ4v) is 4.80. The maximum atomic E-state index is 12.6. The van der Waals surface area contributed by atoms with Crippen LogP contribution in [0.5, 0.6) is 0 Å².